The molecule has 1 rings (SSSR count). The Morgan fingerprint density at radius 2 is 1.95 bits per heavy atom. The second-order valence-electron chi connectivity index (χ2n) is 3.90. The van der Waals surface area contributed by atoms with Gasteiger partial charge in [0.05, 0.1) is 10.0 Å². The Bertz CT molecular complexity index is 549. The topological polar surface area (TPSA) is 104 Å². The lowest BCUT2D eigenvalue weighted by atomic mass is 10.1. The highest BCUT2D eigenvalue weighted by molar-refractivity contribution is 9.10. The summed E-state index contributed by atoms with van der Waals surface area (Å²) in [5, 5.41) is 19.5. The Kier molecular flexibility index (Phi) is 5.63. The van der Waals surface area contributed by atoms with Gasteiger partial charge in [-0.15, -0.1) is 0 Å². The van der Waals surface area contributed by atoms with Gasteiger partial charge in [-0.2, -0.15) is 0 Å². The number of carboxylic acid groups (broad SMARTS) is 2. The standard InChI is InChI=1S/C12H11BrFNO5/c13-7-3-1-2-6(10(7)14)11(18)15-8(12(19)20)4-5-9(16)17/h1-3,8H,4-5H2,(H,15,18)(H,16,17)(H,19,20)/t8-/m0/s1. The minimum Gasteiger partial charge on any atom is -0.481 e. The Morgan fingerprint density at radius 1 is 1.30 bits per heavy atom. The number of amides is 1. The maximum Gasteiger partial charge on any atom is 0.326 e. The number of hydrogen-bond donors (Lipinski definition) is 3. The predicted octanol–water partition coefficient (Wildman–Crippen LogP) is 1.64. The molecule has 0 aromatic heterocycles. The van der Waals surface area contributed by atoms with Crippen LogP contribution in [0.5, 0.6) is 0 Å². The molecule has 1 amide bonds. The van der Waals surface area contributed by atoms with Crippen molar-refractivity contribution < 1.29 is 29.0 Å². The molecule has 0 radical (unpaired) electrons. The van der Waals surface area contributed by atoms with Crippen molar-refractivity contribution in [3.05, 3.63) is 34.1 Å². The van der Waals surface area contributed by atoms with Crippen molar-refractivity contribution in [3.63, 3.8) is 0 Å². The molecule has 0 aliphatic rings. The van der Waals surface area contributed by atoms with Crippen LogP contribution in [0.2, 0.25) is 0 Å². The summed E-state index contributed by atoms with van der Waals surface area (Å²) in [6.07, 6.45) is -0.704. The molecule has 3 N–H and O–H groups in total. The molecular formula is C12H11BrFNO5. The van der Waals surface area contributed by atoms with Crippen LogP contribution in [0.1, 0.15) is 23.2 Å². The molecule has 8 heteroatoms. The van der Waals surface area contributed by atoms with Crippen molar-refractivity contribution in [1.29, 1.82) is 0 Å². The van der Waals surface area contributed by atoms with E-state index < -0.39 is 36.1 Å². The molecule has 0 saturated carbocycles. The van der Waals surface area contributed by atoms with Gasteiger partial charge in [-0.3, -0.25) is 9.59 Å². The third-order valence-corrected chi connectivity index (χ3v) is 3.06. The van der Waals surface area contributed by atoms with Crippen molar-refractivity contribution in [2.75, 3.05) is 0 Å². The maximum absolute atomic E-state index is 13.7. The number of carboxylic acids is 2. The second kappa shape index (κ2) is 6.99. The first-order chi connectivity index (χ1) is 9.32. The summed E-state index contributed by atoms with van der Waals surface area (Å²) in [6.45, 7) is 0. The smallest absolute Gasteiger partial charge is 0.326 e. The molecule has 0 unspecified atom stereocenters. The molecule has 6 nitrogen and oxygen atoms in total. The Balaban J connectivity index is 2.83. The SMILES string of the molecule is O=C(O)CC[C@H](NC(=O)c1cccc(Br)c1F)C(=O)O. The zero-order valence-corrected chi connectivity index (χ0v) is 11.7. The minimum absolute atomic E-state index is 0.0718. The summed E-state index contributed by atoms with van der Waals surface area (Å²) in [5.74, 6) is -4.29. The van der Waals surface area contributed by atoms with E-state index in [1.165, 1.54) is 18.2 Å². The van der Waals surface area contributed by atoms with Crippen LogP contribution < -0.4 is 5.32 Å². The Morgan fingerprint density at radius 3 is 2.50 bits per heavy atom. The summed E-state index contributed by atoms with van der Waals surface area (Å²) in [7, 11) is 0. The van der Waals surface area contributed by atoms with Crippen LogP contribution in [-0.2, 0) is 9.59 Å². The average Bonchev–Trinajstić information content (AvgIpc) is 2.36. The molecule has 0 bridgehead atoms. The summed E-state index contributed by atoms with van der Waals surface area (Å²) in [6, 6.07) is 2.63. The molecule has 1 atom stereocenters. The highest BCUT2D eigenvalue weighted by Crippen LogP contribution is 2.18. The molecule has 0 fully saturated rings. The van der Waals surface area contributed by atoms with Crippen LogP contribution in [0, 0.1) is 5.82 Å². The largest absolute Gasteiger partial charge is 0.481 e. The van der Waals surface area contributed by atoms with Crippen LogP contribution in [0.15, 0.2) is 22.7 Å². The van der Waals surface area contributed by atoms with E-state index >= 15 is 0 Å². The van der Waals surface area contributed by atoms with Crippen molar-refractivity contribution in [2.45, 2.75) is 18.9 Å². The fourth-order valence-electron chi connectivity index (χ4n) is 1.44. The molecule has 108 valence electrons. The van der Waals surface area contributed by atoms with Crippen molar-refractivity contribution in [3.8, 4) is 0 Å². The number of benzene rings is 1. The molecule has 0 aliphatic heterocycles. The van der Waals surface area contributed by atoms with Gasteiger partial charge in [0, 0.05) is 6.42 Å². The third-order valence-electron chi connectivity index (χ3n) is 2.45. The van der Waals surface area contributed by atoms with Crippen LogP contribution in [0.3, 0.4) is 0 Å². The molecule has 1 aromatic rings. The van der Waals surface area contributed by atoms with Crippen LogP contribution in [0.25, 0.3) is 0 Å². The fourth-order valence-corrected chi connectivity index (χ4v) is 1.81. The van der Waals surface area contributed by atoms with E-state index in [2.05, 4.69) is 21.2 Å². The first-order valence-corrected chi connectivity index (χ1v) is 6.31. The van der Waals surface area contributed by atoms with Crippen molar-refractivity contribution in [1.82, 2.24) is 5.32 Å². The normalized spacial score (nSPS) is 11.7. The third kappa shape index (κ3) is 4.30. The molecule has 20 heavy (non-hydrogen) atoms. The molecule has 0 spiro atoms. The lowest BCUT2D eigenvalue weighted by molar-refractivity contribution is -0.140. The van der Waals surface area contributed by atoms with Gasteiger partial charge in [-0.05, 0) is 34.5 Å². The summed E-state index contributed by atoms with van der Waals surface area (Å²) >= 11 is 2.91. The molecule has 0 heterocycles. The maximum atomic E-state index is 13.7. The molecule has 0 saturated heterocycles. The highest BCUT2D eigenvalue weighted by atomic mass is 79.9. The van der Waals surface area contributed by atoms with Gasteiger partial charge in [0.25, 0.3) is 5.91 Å². The lowest BCUT2D eigenvalue weighted by Crippen LogP contribution is -2.41. The number of nitrogens with one attached hydrogen (secondary N) is 1. The van der Waals surface area contributed by atoms with Gasteiger partial charge >= 0.3 is 11.9 Å². The monoisotopic (exact) mass is 347 g/mol. The highest BCUT2D eigenvalue weighted by Gasteiger charge is 2.23. The van der Waals surface area contributed by atoms with E-state index in [0.717, 1.165) is 0 Å². The van der Waals surface area contributed by atoms with Crippen molar-refractivity contribution >= 4 is 33.8 Å². The van der Waals surface area contributed by atoms with Gasteiger partial charge in [0.2, 0.25) is 0 Å². The average molecular weight is 348 g/mol. The summed E-state index contributed by atoms with van der Waals surface area (Å²) < 4.78 is 13.7. The fraction of sp³-hybridized carbons (Fsp3) is 0.250. The predicted molar refractivity (Wildman–Crippen MR) is 69.9 cm³/mol. The van der Waals surface area contributed by atoms with Gasteiger partial charge in [0.15, 0.2) is 0 Å². The zero-order chi connectivity index (χ0) is 15.3. The minimum atomic E-state index is -1.39. The van der Waals surface area contributed by atoms with E-state index in [9.17, 15) is 18.8 Å². The number of halogens is 2. The van der Waals surface area contributed by atoms with Crippen molar-refractivity contribution in [2.24, 2.45) is 0 Å². The first-order valence-electron chi connectivity index (χ1n) is 5.52. The number of carbonyl (C=O) groups is 3. The summed E-state index contributed by atoms with van der Waals surface area (Å²) in [4.78, 5) is 33.1. The second-order valence-corrected chi connectivity index (χ2v) is 4.75. The lowest BCUT2D eigenvalue weighted by Gasteiger charge is -2.14. The quantitative estimate of drug-likeness (QED) is 0.725. The number of aliphatic carboxylic acids is 2. The van der Waals surface area contributed by atoms with E-state index in [-0.39, 0.29) is 16.5 Å². The van der Waals surface area contributed by atoms with E-state index in [1.807, 2.05) is 0 Å². The molecular weight excluding hydrogens is 337 g/mol. The first kappa shape index (κ1) is 16.1. The van der Waals surface area contributed by atoms with E-state index in [1.54, 1.807) is 0 Å². The van der Waals surface area contributed by atoms with Gasteiger partial charge in [0.1, 0.15) is 11.9 Å². The molecule has 0 aliphatic carbocycles. The Hall–Kier alpha value is -1.96. The van der Waals surface area contributed by atoms with Gasteiger partial charge in [-0.25, -0.2) is 9.18 Å². The van der Waals surface area contributed by atoms with Gasteiger partial charge in [-0.1, -0.05) is 6.07 Å². The van der Waals surface area contributed by atoms with E-state index in [4.69, 9.17) is 10.2 Å². The van der Waals surface area contributed by atoms with Crippen LogP contribution >= 0.6 is 15.9 Å². The van der Waals surface area contributed by atoms with Crippen LogP contribution in [-0.4, -0.2) is 34.1 Å². The van der Waals surface area contributed by atoms with Gasteiger partial charge < -0.3 is 15.5 Å². The number of carbonyl (C=O) groups excluding carboxylic acids is 1. The Labute approximate surface area is 121 Å². The number of rotatable bonds is 6. The number of hydrogen-bond acceptors (Lipinski definition) is 3. The van der Waals surface area contributed by atoms with Crippen LogP contribution in [0.4, 0.5) is 4.39 Å². The zero-order valence-electron chi connectivity index (χ0n) is 10.1. The molecule has 1 aromatic carbocycles. The summed E-state index contributed by atoms with van der Waals surface area (Å²) in [5.41, 5.74) is -0.319. The van der Waals surface area contributed by atoms with E-state index in [0.29, 0.717) is 0 Å².